The number of hydrogen-bond donors (Lipinski definition) is 1. The normalized spacial score (nSPS) is 11.9. The highest BCUT2D eigenvalue weighted by Gasteiger charge is 2.23. The van der Waals surface area contributed by atoms with Crippen molar-refractivity contribution in [1.82, 2.24) is 19.8 Å². The predicted molar refractivity (Wildman–Crippen MR) is 140 cm³/mol. The Morgan fingerprint density at radius 2 is 1.56 bits per heavy atom. The molecule has 36 heavy (non-hydrogen) atoms. The van der Waals surface area contributed by atoms with E-state index in [0.29, 0.717) is 18.1 Å². The lowest BCUT2D eigenvalue weighted by atomic mass is 10.2. The number of ether oxygens (including phenoxy) is 1. The van der Waals surface area contributed by atoms with Crippen LogP contribution in [0.5, 0.6) is 5.75 Å². The molecule has 7 nitrogen and oxygen atoms in total. The average molecular weight is 485 g/mol. The second kappa shape index (κ2) is 11.5. The third-order valence-corrected chi connectivity index (χ3v) is 5.99. The van der Waals surface area contributed by atoms with E-state index < -0.39 is 6.04 Å². The molecule has 0 aliphatic carbocycles. The topological polar surface area (TPSA) is 76.5 Å². The molecule has 0 aliphatic rings. The van der Waals surface area contributed by atoms with Crippen molar-refractivity contribution >= 4 is 22.8 Å². The SMILES string of the molecule is CC(NC(=O)COc1ccccc1)c1nc2ccccc2n1CC(=O)N(Cc1ccccc1)C(C)C. The molecule has 4 aromatic rings. The maximum absolute atomic E-state index is 13.5. The molecule has 1 heterocycles. The summed E-state index contributed by atoms with van der Waals surface area (Å²) in [5.74, 6) is 0.986. The smallest absolute Gasteiger partial charge is 0.258 e. The molecule has 1 N–H and O–H groups in total. The Morgan fingerprint density at radius 1 is 0.917 bits per heavy atom. The third-order valence-electron chi connectivity index (χ3n) is 5.99. The molecule has 3 aromatic carbocycles. The van der Waals surface area contributed by atoms with Gasteiger partial charge in [0, 0.05) is 12.6 Å². The lowest BCUT2D eigenvalue weighted by molar-refractivity contribution is -0.134. The summed E-state index contributed by atoms with van der Waals surface area (Å²) in [6, 6.07) is 26.5. The Labute approximate surface area is 211 Å². The first-order valence-corrected chi connectivity index (χ1v) is 12.2. The minimum absolute atomic E-state index is 0.0100. The van der Waals surface area contributed by atoms with Crippen molar-refractivity contribution < 1.29 is 14.3 Å². The van der Waals surface area contributed by atoms with E-state index in [2.05, 4.69) is 5.32 Å². The number of rotatable bonds is 10. The zero-order valence-electron chi connectivity index (χ0n) is 20.9. The summed E-state index contributed by atoms with van der Waals surface area (Å²) in [6.07, 6.45) is 0. The van der Waals surface area contributed by atoms with Gasteiger partial charge in [-0.3, -0.25) is 9.59 Å². The third kappa shape index (κ3) is 6.10. The second-order valence-corrected chi connectivity index (χ2v) is 9.04. The summed E-state index contributed by atoms with van der Waals surface area (Å²) in [7, 11) is 0. The minimum Gasteiger partial charge on any atom is -0.484 e. The maximum Gasteiger partial charge on any atom is 0.258 e. The number of aromatic nitrogens is 2. The van der Waals surface area contributed by atoms with Crippen LogP contribution in [0.25, 0.3) is 11.0 Å². The molecular formula is C29H32N4O3. The number of carbonyl (C=O) groups excluding carboxylic acids is 2. The zero-order chi connectivity index (χ0) is 25.5. The molecule has 0 spiro atoms. The Balaban J connectivity index is 1.52. The van der Waals surface area contributed by atoms with Crippen molar-refractivity contribution in [1.29, 1.82) is 0 Å². The van der Waals surface area contributed by atoms with E-state index in [4.69, 9.17) is 9.72 Å². The maximum atomic E-state index is 13.5. The summed E-state index contributed by atoms with van der Waals surface area (Å²) in [6.45, 7) is 6.45. The van der Waals surface area contributed by atoms with E-state index in [-0.39, 0.29) is 31.0 Å². The zero-order valence-corrected chi connectivity index (χ0v) is 20.9. The van der Waals surface area contributed by atoms with Gasteiger partial charge in [-0.05, 0) is 50.6 Å². The Hall–Kier alpha value is -4.13. The van der Waals surface area contributed by atoms with Crippen LogP contribution in [0, 0.1) is 0 Å². The van der Waals surface area contributed by atoms with Crippen LogP contribution in [0.2, 0.25) is 0 Å². The molecule has 0 bridgehead atoms. The largest absolute Gasteiger partial charge is 0.484 e. The molecule has 1 aromatic heterocycles. The van der Waals surface area contributed by atoms with Gasteiger partial charge in [0.25, 0.3) is 5.91 Å². The number of nitrogens with zero attached hydrogens (tertiary/aromatic N) is 3. The molecule has 1 atom stereocenters. The fourth-order valence-corrected chi connectivity index (χ4v) is 4.17. The highest BCUT2D eigenvalue weighted by Crippen LogP contribution is 2.22. The molecule has 1 unspecified atom stereocenters. The van der Waals surface area contributed by atoms with Crippen LogP contribution >= 0.6 is 0 Å². The Bertz CT molecular complexity index is 1300. The van der Waals surface area contributed by atoms with E-state index in [1.807, 2.05) is 103 Å². The molecule has 0 aliphatic heterocycles. The van der Waals surface area contributed by atoms with E-state index in [1.165, 1.54) is 0 Å². The van der Waals surface area contributed by atoms with Gasteiger partial charge in [-0.15, -0.1) is 0 Å². The first kappa shape index (κ1) is 25.0. The highest BCUT2D eigenvalue weighted by molar-refractivity contribution is 5.82. The summed E-state index contributed by atoms with van der Waals surface area (Å²) in [5, 5.41) is 2.96. The fourth-order valence-electron chi connectivity index (χ4n) is 4.17. The quantitative estimate of drug-likeness (QED) is 0.353. The molecule has 0 fully saturated rings. The van der Waals surface area contributed by atoms with Gasteiger partial charge in [-0.1, -0.05) is 60.7 Å². The van der Waals surface area contributed by atoms with Crippen molar-refractivity contribution in [2.45, 2.75) is 45.9 Å². The number of fused-ring (bicyclic) bond motifs is 1. The van der Waals surface area contributed by atoms with Gasteiger partial charge < -0.3 is 19.5 Å². The van der Waals surface area contributed by atoms with Crippen LogP contribution in [0.3, 0.4) is 0 Å². The highest BCUT2D eigenvalue weighted by atomic mass is 16.5. The van der Waals surface area contributed by atoms with Crippen molar-refractivity contribution in [3.05, 3.63) is 96.3 Å². The van der Waals surface area contributed by atoms with Gasteiger partial charge in [-0.2, -0.15) is 0 Å². The van der Waals surface area contributed by atoms with Crippen LogP contribution in [0.1, 0.15) is 38.2 Å². The van der Waals surface area contributed by atoms with Crippen molar-refractivity contribution in [3.8, 4) is 5.75 Å². The minimum atomic E-state index is -0.418. The van der Waals surface area contributed by atoms with Crippen molar-refractivity contribution in [2.24, 2.45) is 0 Å². The number of carbonyl (C=O) groups is 2. The molecule has 4 rings (SSSR count). The van der Waals surface area contributed by atoms with Crippen molar-refractivity contribution in [3.63, 3.8) is 0 Å². The van der Waals surface area contributed by atoms with E-state index in [1.54, 1.807) is 12.1 Å². The first-order valence-electron chi connectivity index (χ1n) is 12.2. The molecule has 0 radical (unpaired) electrons. The number of nitrogens with one attached hydrogen (secondary N) is 1. The number of benzene rings is 3. The number of para-hydroxylation sites is 3. The van der Waals surface area contributed by atoms with Gasteiger partial charge >= 0.3 is 0 Å². The first-order chi connectivity index (χ1) is 17.4. The van der Waals surface area contributed by atoms with Crippen LogP contribution < -0.4 is 10.1 Å². The fraction of sp³-hybridized carbons (Fsp3) is 0.276. The van der Waals surface area contributed by atoms with Crippen LogP contribution in [0.15, 0.2) is 84.9 Å². The number of amides is 2. The second-order valence-electron chi connectivity index (χ2n) is 9.04. The van der Waals surface area contributed by atoms with Gasteiger partial charge in [0.05, 0.1) is 17.1 Å². The molecule has 2 amide bonds. The van der Waals surface area contributed by atoms with E-state index in [0.717, 1.165) is 16.6 Å². The molecule has 0 saturated carbocycles. The molecular weight excluding hydrogens is 452 g/mol. The van der Waals surface area contributed by atoms with Crippen LogP contribution in [-0.4, -0.2) is 38.9 Å². The molecule has 186 valence electrons. The van der Waals surface area contributed by atoms with Crippen molar-refractivity contribution in [2.75, 3.05) is 6.61 Å². The standard InChI is InChI=1S/C29H32N4O3/c1-21(2)32(18-23-12-6-4-7-13-23)28(35)19-33-26-17-11-10-16-25(26)31-29(33)22(3)30-27(34)20-36-24-14-8-5-9-15-24/h4-17,21-22H,18-20H2,1-3H3,(H,30,34). The number of hydrogen-bond acceptors (Lipinski definition) is 4. The molecule has 7 heteroatoms. The van der Waals surface area contributed by atoms with Gasteiger partial charge in [0.2, 0.25) is 5.91 Å². The van der Waals surface area contributed by atoms with Gasteiger partial charge in [-0.25, -0.2) is 4.98 Å². The van der Waals surface area contributed by atoms with E-state index >= 15 is 0 Å². The Kier molecular flexibility index (Phi) is 8.00. The number of imidazole rings is 1. The monoisotopic (exact) mass is 484 g/mol. The van der Waals surface area contributed by atoms with Gasteiger partial charge in [0.15, 0.2) is 6.61 Å². The molecule has 0 saturated heterocycles. The average Bonchev–Trinajstić information content (AvgIpc) is 3.25. The summed E-state index contributed by atoms with van der Waals surface area (Å²) in [5.41, 5.74) is 2.71. The van der Waals surface area contributed by atoms with E-state index in [9.17, 15) is 9.59 Å². The summed E-state index contributed by atoms with van der Waals surface area (Å²) < 4.78 is 7.48. The van der Waals surface area contributed by atoms with Crippen LogP contribution in [-0.2, 0) is 22.7 Å². The summed E-state index contributed by atoms with van der Waals surface area (Å²) >= 11 is 0. The summed E-state index contributed by atoms with van der Waals surface area (Å²) in [4.78, 5) is 32.8. The predicted octanol–water partition coefficient (Wildman–Crippen LogP) is 4.73. The Morgan fingerprint density at radius 3 is 2.25 bits per heavy atom. The lowest BCUT2D eigenvalue weighted by Gasteiger charge is -2.28. The van der Waals surface area contributed by atoms with Gasteiger partial charge in [0.1, 0.15) is 18.1 Å². The lowest BCUT2D eigenvalue weighted by Crippen LogP contribution is -2.39. The van der Waals surface area contributed by atoms with Crippen LogP contribution in [0.4, 0.5) is 0 Å².